The number of anilines is 1. The third kappa shape index (κ3) is 3.46. The van der Waals surface area contributed by atoms with Crippen molar-refractivity contribution in [3.05, 3.63) is 28.8 Å². The van der Waals surface area contributed by atoms with Crippen LogP contribution in [-0.4, -0.2) is 11.9 Å². The van der Waals surface area contributed by atoms with Crippen LogP contribution in [0.2, 0.25) is 5.02 Å². The second-order valence-corrected chi connectivity index (χ2v) is 4.61. The maximum Gasteiger partial charge on any atom is 0.241 e. The number of nitrogens with one attached hydrogen (secondary N) is 1. The minimum absolute atomic E-state index is 0.110. The Morgan fingerprint density at radius 3 is 2.78 bits per heavy atom. The second kappa shape index (κ2) is 6.39. The van der Waals surface area contributed by atoms with Crippen LogP contribution in [-0.2, 0) is 4.79 Å². The van der Waals surface area contributed by atoms with Gasteiger partial charge >= 0.3 is 0 Å². The molecule has 1 unspecified atom stereocenters. The Hall–Kier alpha value is -1.57. The molecule has 0 spiro atoms. The number of carbonyl (C=O) groups is 1. The van der Waals surface area contributed by atoms with E-state index in [4.69, 9.17) is 22.6 Å². The molecule has 2 atom stereocenters. The van der Waals surface area contributed by atoms with Crippen molar-refractivity contribution in [2.75, 3.05) is 5.32 Å². The number of nitrogens with zero attached hydrogens (tertiary/aromatic N) is 1. The summed E-state index contributed by atoms with van der Waals surface area (Å²) < 4.78 is 0. The summed E-state index contributed by atoms with van der Waals surface area (Å²) in [6.07, 6.45) is 0.836. The Morgan fingerprint density at radius 2 is 2.28 bits per heavy atom. The normalized spacial score (nSPS) is 13.5. The molecule has 96 valence electrons. The maximum absolute atomic E-state index is 11.8. The minimum Gasteiger partial charge on any atom is -0.325 e. The Morgan fingerprint density at radius 1 is 1.61 bits per heavy atom. The highest BCUT2D eigenvalue weighted by Crippen LogP contribution is 2.20. The molecular formula is C13H16ClN3O. The van der Waals surface area contributed by atoms with Crippen molar-refractivity contribution in [2.45, 2.75) is 26.3 Å². The molecule has 0 radical (unpaired) electrons. The molecule has 1 amide bonds. The van der Waals surface area contributed by atoms with E-state index >= 15 is 0 Å². The van der Waals surface area contributed by atoms with Gasteiger partial charge in [0.1, 0.15) is 6.07 Å². The van der Waals surface area contributed by atoms with Gasteiger partial charge in [0.25, 0.3) is 0 Å². The molecular weight excluding hydrogens is 250 g/mol. The van der Waals surface area contributed by atoms with Gasteiger partial charge in [0.05, 0.1) is 16.6 Å². The Labute approximate surface area is 112 Å². The van der Waals surface area contributed by atoms with E-state index < -0.39 is 6.04 Å². The monoisotopic (exact) mass is 265 g/mol. The van der Waals surface area contributed by atoms with Crippen LogP contribution in [0.1, 0.15) is 25.8 Å². The number of hydrogen-bond donors (Lipinski definition) is 2. The van der Waals surface area contributed by atoms with Gasteiger partial charge in [-0.2, -0.15) is 5.26 Å². The standard InChI is InChI=1S/C13H16ClN3O/c1-3-8(2)12(16)13(18)17-10-5-4-9(7-15)11(14)6-10/h4-6,8,12H,3,16H2,1-2H3,(H,17,18)/t8?,12-/m0/s1. The lowest BCUT2D eigenvalue weighted by molar-refractivity contribution is -0.118. The van der Waals surface area contributed by atoms with Crippen LogP contribution in [0.25, 0.3) is 0 Å². The van der Waals surface area contributed by atoms with Crippen molar-refractivity contribution in [2.24, 2.45) is 11.7 Å². The first kappa shape index (κ1) is 14.5. The number of halogens is 1. The summed E-state index contributed by atoms with van der Waals surface area (Å²) in [5.74, 6) is -0.135. The lowest BCUT2D eigenvalue weighted by Gasteiger charge is -2.17. The summed E-state index contributed by atoms with van der Waals surface area (Å²) >= 11 is 5.88. The summed E-state index contributed by atoms with van der Waals surface area (Å²) in [5, 5.41) is 11.7. The molecule has 5 heteroatoms. The average Bonchev–Trinajstić information content (AvgIpc) is 2.37. The number of carbonyl (C=O) groups excluding carboxylic acids is 1. The van der Waals surface area contributed by atoms with Crippen molar-refractivity contribution in [3.63, 3.8) is 0 Å². The van der Waals surface area contributed by atoms with E-state index in [9.17, 15) is 4.79 Å². The molecule has 0 saturated carbocycles. The summed E-state index contributed by atoms with van der Waals surface area (Å²) in [6, 6.07) is 6.14. The van der Waals surface area contributed by atoms with Gasteiger partial charge in [0.2, 0.25) is 5.91 Å². The summed E-state index contributed by atoms with van der Waals surface area (Å²) in [6.45, 7) is 3.91. The highest BCUT2D eigenvalue weighted by molar-refractivity contribution is 6.32. The number of rotatable bonds is 4. The van der Waals surface area contributed by atoms with Crippen molar-refractivity contribution in [3.8, 4) is 6.07 Å². The summed E-state index contributed by atoms with van der Waals surface area (Å²) in [4.78, 5) is 11.8. The number of benzene rings is 1. The Kier molecular flexibility index (Phi) is 5.14. The van der Waals surface area contributed by atoms with Crippen molar-refractivity contribution in [1.29, 1.82) is 5.26 Å². The van der Waals surface area contributed by atoms with E-state index in [2.05, 4.69) is 5.32 Å². The van der Waals surface area contributed by atoms with Crippen LogP contribution in [0.4, 0.5) is 5.69 Å². The minimum atomic E-state index is -0.551. The molecule has 1 aromatic rings. The molecule has 0 bridgehead atoms. The van der Waals surface area contributed by atoms with E-state index in [0.29, 0.717) is 16.3 Å². The van der Waals surface area contributed by atoms with Crippen LogP contribution >= 0.6 is 11.6 Å². The predicted octanol–water partition coefficient (Wildman–Crippen LogP) is 2.52. The second-order valence-electron chi connectivity index (χ2n) is 4.21. The van der Waals surface area contributed by atoms with E-state index in [1.807, 2.05) is 19.9 Å². The van der Waals surface area contributed by atoms with E-state index in [-0.39, 0.29) is 11.8 Å². The molecule has 1 rings (SSSR count). The van der Waals surface area contributed by atoms with Gasteiger partial charge in [-0.15, -0.1) is 0 Å². The fourth-order valence-corrected chi connectivity index (χ4v) is 1.64. The van der Waals surface area contributed by atoms with Gasteiger partial charge in [-0.1, -0.05) is 31.9 Å². The highest BCUT2D eigenvalue weighted by atomic mass is 35.5. The molecule has 4 nitrogen and oxygen atoms in total. The molecule has 0 saturated heterocycles. The SMILES string of the molecule is CCC(C)[C@H](N)C(=O)Nc1ccc(C#N)c(Cl)c1. The summed E-state index contributed by atoms with van der Waals surface area (Å²) in [7, 11) is 0. The largest absolute Gasteiger partial charge is 0.325 e. The van der Waals surface area contributed by atoms with Crippen LogP contribution < -0.4 is 11.1 Å². The van der Waals surface area contributed by atoms with E-state index in [0.717, 1.165) is 6.42 Å². The molecule has 0 aliphatic carbocycles. The van der Waals surface area contributed by atoms with E-state index in [1.165, 1.54) is 0 Å². The molecule has 0 heterocycles. The van der Waals surface area contributed by atoms with Gasteiger partial charge in [-0.25, -0.2) is 0 Å². The Balaban J connectivity index is 2.77. The lowest BCUT2D eigenvalue weighted by Crippen LogP contribution is -2.40. The number of nitriles is 1. The van der Waals surface area contributed by atoms with Crippen LogP contribution in [0, 0.1) is 17.2 Å². The van der Waals surface area contributed by atoms with Crippen LogP contribution in [0.15, 0.2) is 18.2 Å². The quantitative estimate of drug-likeness (QED) is 0.878. The van der Waals surface area contributed by atoms with Crippen LogP contribution in [0.5, 0.6) is 0 Å². The molecule has 3 N–H and O–H groups in total. The molecule has 0 fully saturated rings. The van der Waals surface area contributed by atoms with Gasteiger partial charge in [-0.3, -0.25) is 4.79 Å². The maximum atomic E-state index is 11.8. The molecule has 1 aromatic carbocycles. The van der Waals surface area contributed by atoms with Crippen molar-refractivity contribution in [1.82, 2.24) is 0 Å². The topological polar surface area (TPSA) is 78.9 Å². The zero-order valence-electron chi connectivity index (χ0n) is 10.4. The first-order chi connectivity index (χ1) is 8.49. The molecule has 0 aromatic heterocycles. The zero-order valence-corrected chi connectivity index (χ0v) is 11.2. The van der Waals surface area contributed by atoms with Crippen LogP contribution in [0.3, 0.4) is 0 Å². The Bertz CT molecular complexity index is 482. The summed E-state index contributed by atoms with van der Waals surface area (Å²) in [5.41, 5.74) is 6.74. The van der Waals surface area contributed by atoms with Crippen molar-refractivity contribution < 1.29 is 4.79 Å². The van der Waals surface area contributed by atoms with Gasteiger partial charge in [0.15, 0.2) is 0 Å². The molecule has 0 aliphatic rings. The van der Waals surface area contributed by atoms with Gasteiger partial charge < -0.3 is 11.1 Å². The average molecular weight is 266 g/mol. The number of hydrogen-bond acceptors (Lipinski definition) is 3. The fraction of sp³-hybridized carbons (Fsp3) is 0.385. The third-order valence-electron chi connectivity index (χ3n) is 2.92. The predicted molar refractivity (Wildman–Crippen MR) is 72.2 cm³/mol. The van der Waals surface area contributed by atoms with Gasteiger partial charge in [-0.05, 0) is 24.1 Å². The smallest absolute Gasteiger partial charge is 0.241 e. The lowest BCUT2D eigenvalue weighted by atomic mass is 9.99. The molecule has 18 heavy (non-hydrogen) atoms. The van der Waals surface area contributed by atoms with Crippen molar-refractivity contribution >= 4 is 23.2 Å². The number of amides is 1. The highest BCUT2D eigenvalue weighted by Gasteiger charge is 2.19. The fourth-order valence-electron chi connectivity index (χ4n) is 1.42. The molecule has 0 aliphatic heterocycles. The van der Waals surface area contributed by atoms with E-state index in [1.54, 1.807) is 18.2 Å². The third-order valence-corrected chi connectivity index (χ3v) is 3.23. The first-order valence-electron chi connectivity index (χ1n) is 5.75. The number of nitrogens with two attached hydrogens (primary N) is 1. The van der Waals surface area contributed by atoms with Gasteiger partial charge in [0, 0.05) is 5.69 Å². The zero-order chi connectivity index (χ0) is 13.7. The first-order valence-corrected chi connectivity index (χ1v) is 6.13.